The fourth-order valence-corrected chi connectivity index (χ4v) is 2.77. The highest BCUT2D eigenvalue weighted by Crippen LogP contribution is 2.26. The normalized spacial score (nSPS) is 12.4. The third kappa shape index (κ3) is 4.13. The summed E-state index contributed by atoms with van der Waals surface area (Å²) in [7, 11) is 0. The second-order valence-electron chi connectivity index (χ2n) is 4.60. The lowest BCUT2D eigenvalue weighted by molar-refractivity contribution is 0.550. The van der Waals surface area contributed by atoms with E-state index in [0.29, 0.717) is 10.0 Å². The van der Waals surface area contributed by atoms with Crippen molar-refractivity contribution >= 4 is 34.8 Å². The molecule has 1 atom stereocenters. The van der Waals surface area contributed by atoms with Crippen molar-refractivity contribution in [3.05, 3.63) is 68.7 Å². The van der Waals surface area contributed by atoms with E-state index in [2.05, 4.69) is 12.2 Å². The Hall–Kier alpha value is -0.730. The van der Waals surface area contributed by atoms with Crippen LogP contribution in [0.15, 0.2) is 42.5 Å². The van der Waals surface area contributed by atoms with Crippen LogP contribution in [0.3, 0.4) is 0 Å². The highest BCUT2D eigenvalue weighted by Gasteiger charge is 2.13. The SMILES string of the molecule is CCNC(Cc1ccc(Cl)cc1Cl)c1ccc(Cl)cc1. The molecular weight excluding hydrogens is 313 g/mol. The Kier molecular flexibility index (Phi) is 5.74. The predicted octanol–water partition coefficient (Wildman–Crippen LogP) is 5.54. The summed E-state index contributed by atoms with van der Waals surface area (Å²) < 4.78 is 0. The molecular formula is C16H16Cl3N. The average molecular weight is 329 g/mol. The second kappa shape index (κ2) is 7.33. The number of nitrogens with one attached hydrogen (secondary N) is 1. The minimum absolute atomic E-state index is 0.205. The number of benzene rings is 2. The molecule has 20 heavy (non-hydrogen) atoms. The van der Waals surface area contributed by atoms with Crippen LogP contribution >= 0.6 is 34.8 Å². The van der Waals surface area contributed by atoms with Crippen LogP contribution < -0.4 is 5.32 Å². The summed E-state index contributed by atoms with van der Waals surface area (Å²) in [5.74, 6) is 0. The first-order valence-electron chi connectivity index (χ1n) is 6.53. The molecule has 0 spiro atoms. The zero-order valence-electron chi connectivity index (χ0n) is 11.2. The van der Waals surface area contributed by atoms with E-state index in [1.807, 2.05) is 36.4 Å². The van der Waals surface area contributed by atoms with E-state index in [9.17, 15) is 0 Å². The Morgan fingerprint density at radius 2 is 1.60 bits per heavy atom. The van der Waals surface area contributed by atoms with E-state index < -0.39 is 0 Å². The van der Waals surface area contributed by atoms with Gasteiger partial charge in [0.1, 0.15) is 0 Å². The van der Waals surface area contributed by atoms with Crippen LogP contribution in [0, 0.1) is 0 Å². The van der Waals surface area contributed by atoms with Gasteiger partial charge in [0, 0.05) is 21.1 Å². The minimum atomic E-state index is 0.205. The van der Waals surface area contributed by atoms with Gasteiger partial charge >= 0.3 is 0 Å². The van der Waals surface area contributed by atoms with Crippen molar-refractivity contribution in [3.8, 4) is 0 Å². The maximum absolute atomic E-state index is 6.25. The topological polar surface area (TPSA) is 12.0 Å². The van der Waals surface area contributed by atoms with Crippen molar-refractivity contribution < 1.29 is 0 Å². The lowest BCUT2D eigenvalue weighted by atomic mass is 9.99. The van der Waals surface area contributed by atoms with Crippen molar-refractivity contribution in [2.45, 2.75) is 19.4 Å². The van der Waals surface area contributed by atoms with Crippen LogP contribution in [0.5, 0.6) is 0 Å². The Balaban J connectivity index is 2.22. The summed E-state index contributed by atoms with van der Waals surface area (Å²) in [6.45, 7) is 2.98. The fraction of sp³-hybridized carbons (Fsp3) is 0.250. The molecule has 0 heterocycles. The molecule has 0 radical (unpaired) electrons. The van der Waals surface area contributed by atoms with Gasteiger partial charge in [0.2, 0.25) is 0 Å². The molecule has 1 nitrogen and oxygen atoms in total. The van der Waals surface area contributed by atoms with Gasteiger partial charge in [-0.2, -0.15) is 0 Å². The Morgan fingerprint density at radius 1 is 0.950 bits per heavy atom. The van der Waals surface area contributed by atoms with Crippen molar-refractivity contribution in [2.75, 3.05) is 6.54 Å². The molecule has 2 aromatic carbocycles. The van der Waals surface area contributed by atoms with Gasteiger partial charge < -0.3 is 5.32 Å². The van der Waals surface area contributed by atoms with E-state index in [1.165, 1.54) is 5.56 Å². The van der Waals surface area contributed by atoms with E-state index in [1.54, 1.807) is 6.07 Å². The van der Waals surface area contributed by atoms with Crippen LogP contribution in [-0.2, 0) is 6.42 Å². The Labute approximate surface area is 134 Å². The van der Waals surface area contributed by atoms with Crippen molar-refractivity contribution in [3.63, 3.8) is 0 Å². The summed E-state index contributed by atoms with van der Waals surface area (Å²) in [6, 6.07) is 13.7. The smallest absolute Gasteiger partial charge is 0.0453 e. The molecule has 0 aromatic heterocycles. The second-order valence-corrected chi connectivity index (χ2v) is 5.88. The fourth-order valence-electron chi connectivity index (χ4n) is 2.16. The quantitative estimate of drug-likeness (QED) is 0.760. The minimum Gasteiger partial charge on any atom is -0.310 e. The van der Waals surface area contributed by atoms with Gasteiger partial charge in [0.05, 0.1) is 0 Å². The molecule has 2 aromatic rings. The van der Waals surface area contributed by atoms with Crippen molar-refractivity contribution in [1.29, 1.82) is 0 Å². The molecule has 4 heteroatoms. The highest BCUT2D eigenvalue weighted by atomic mass is 35.5. The molecule has 0 bridgehead atoms. The lowest BCUT2D eigenvalue weighted by Gasteiger charge is -2.19. The largest absolute Gasteiger partial charge is 0.310 e. The summed E-state index contributed by atoms with van der Waals surface area (Å²) in [5.41, 5.74) is 2.28. The first-order valence-corrected chi connectivity index (χ1v) is 7.66. The zero-order valence-corrected chi connectivity index (χ0v) is 13.4. The molecule has 0 saturated carbocycles. The Morgan fingerprint density at radius 3 is 2.20 bits per heavy atom. The van der Waals surface area contributed by atoms with Crippen LogP contribution in [0.4, 0.5) is 0 Å². The van der Waals surface area contributed by atoms with Crippen LogP contribution in [0.1, 0.15) is 24.1 Å². The maximum atomic E-state index is 6.25. The summed E-state index contributed by atoms with van der Waals surface area (Å²) >= 11 is 18.1. The van der Waals surface area contributed by atoms with E-state index in [4.69, 9.17) is 34.8 Å². The van der Waals surface area contributed by atoms with Crippen LogP contribution in [-0.4, -0.2) is 6.54 Å². The molecule has 0 aliphatic rings. The van der Waals surface area contributed by atoms with Crippen LogP contribution in [0.25, 0.3) is 0 Å². The monoisotopic (exact) mass is 327 g/mol. The molecule has 0 fully saturated rings. The number of hydrogen-bond donors (Lipinski definition) is 1. The summed E-state index contributed by atoms with van der Waals surface area (Å²) in [6.07, 6.45) is 0.811. The van der Waals surface area contributed by atoms with Crippen LogP contribution in [0.2, 0.25) is 15.1 Å². The molecule has 0 amide bonds. The molecule has 1 N–H and O–H groups in total. The van der Waals surface area contributed by atoms with E-state index in [0.717, 1.165) is 23.6 Å². The van der Waals surface area contributed by atoms with Gasteiger partial charge in [0.25, 0.3) is 0 Å². The number of likely N-dealkylation sites (N-methyl/N-ethyl adjacent to an activating group) is 1. The molecule has 0 aliphatic heterocycles. The van der Waals surface area contributed by atoms with Gasteiger partial charge in [0.15, 0.2) is 0 Å². The van der Waals surface area contributed by atoms with Gasteiger partial charge in [-0.1, -0.05) is 59.9 Å². The van der Waals surface area contributed by atoms with E-state index in [-0.39, 0.29) is 6.04 Å². The van der Waals surface area contributed by atoms with Crippen molar-refractivity contribution in [1.82, 2.24) is 5.32 Å². The van der Waals surface area contributed by atoms with Gasteiger partial charge in [-0.3, -0.25) is 0 Å². The number of halogens is 3. The summed E-state index contributed by atoms with van der Waals surface area (Å²) in [5, 5.41) is 5.58. The molecule has 0 saturated heterocycles. The first-order chi connectivity index (χ1) is 9.60. The predicted molar refractivity (Wildman–Crippen MR) is 88.0 cm³/mol. The standard InChI is InChI=1S/C16H16Cl3N/c1-2-20-16(11-3-6-13(17)7-4-11)9-12-5-8-14(18)10-15(12)19/h3-8,10,16,20H,2,9H2,1H3. The van der Waals surface area contributed by atoms with Gasteiger partial charge in [-0.15, -0.1) is 0 Å². The first kappa shape index (κ1) is 15.7. The number of hydrogen-bond acceptors (Lipinski definition) is 1. The zero-order chi connectivity index (χ0) is 14.5. The molecule has 0 aliphatic carbocycles. The summed E-state index contributed by atoms with van der Waals surface area (Å²) in [4.78, 5) is 0. The highest BCUT2D eigenvalue weighted by molar-refractivity contribution is 6.35. The third-order valence-electron chi connectivity index (χ3n) is 3.16. The lowest BCUT2D eigenvalue weighted by Crippen LogP contribution is -2.23. The molecule has 106 valence electrons. The number of rotatable bonds is 5. The van der Waals surface area contributed by atoms with Gasteiger partial charge in [-0.25, -0.2) is 0 Å². The molecule has 2 rings (SSSR count). The van der Waals surface area contributed by atoms with Crippen molar-refractivity contribution in [2.24, 2.45) is 0 Å². The third-order valence-corrected chi connectivity index (χ3v) is 4.00. The molecule has 1 unspecified atom stereocenters. The van der Waals surface area contributed by atoms with E-state index >= 15 is 0 Å². The van der Waals surface area contributed by atoms with Gasteiger partial charge in [-0.05, 0) is 48.4 Å². The maximum Gasteiger partial charge on any atom is 0.0453 e. The Bertz CT molecular complexity index is 566. The average Bonchev–Trinajstić information content (AvgIpc) is 2.42.